The second-order valence-corrected chi connectivity index (χ2v) is 4.77. The van der Waals surface area contributed by atoms with Crippen LogP contribution in [0.15, 0.2) is 51.6 Å². The van der Waals surface area contributed by atoms with Gasteiger partial charge in [0.15, 0.2) is 0 Å². The molecule has 0 radical (unpaired) electrons. The summed E-state index contributed by atoms with van der Waals surface area (Å²) in [5.41, 5.74) is 1.41. The van der Waals surface area contributed by atoms with Crippen LogP contribution < -0.4 is 11.1 Å². The van der Waals surface area contributed by atoms with E-state index in [0.29, 0.717) is 11.0 Å². The normalized spacial score (nSPS) is 10.0. The summed E-state index contributed by atoms with van der Waals surface area (Å²) in [4.78, 5) is 0. The zero-order chi connectivity index (χ0) is 14.5. The zero-order valence-electron chi connectivity index (χ0n) is 10.4. The van der Waals surface area contributed by atoms with Crippen LogP contribution in [0.5, 0.6) is 0 Å². The molecule has 3 aromatic rings. The van der Waals surface area contributed by atoms with E-state index >= 15 is 0 Å². The lowest BCUT2D eigenvalue weighted by atomic mass is 9.83. The van der Waals surface area contributed by atoms with Gasteiger partial charge in [-0.15, -0.1) is 0 Å². The maximum Gasteiger partial charge on any atom is 0.526 e. The second-order valence-electron chi connectivity index (χ2n) is 3.99. The molecule has 0 spiro atoms. The highest BCUT2D eigenvalue weighted by molar-refractivity contribution is 7.09. The minimum Gasteiger partial charge on any atom is -0.465 e. The molecule has 0 aliphatic rings. The molecule has 0 bridgehead atoms. The highest BCUT2D eigenvalue weighted by Crippen LogP contribution is 2.12. The molecular formula is C12H12B2O5S. The average Bonchev–Trinajstić information content (AvgIpc) is 3.08. The molecule has 3 rings (SSSR count). The third-order valence-corrected chi connectivity index (χ3v) is 3.24. The van der Waals surface area contributed by atoms with Gasteiger partial charge in [0.2, 0.25) is 0 Å². The first kappa shape index (κ1) is 14.8. The number of hydrogen-bond donors (Lipinski definition) is 4. The summed E-state index contributed by atoms with van der Waals surface area (Å²) in [5, 5.41) is 38.9. The van der Waals surface area contributed by atoms with Crippen LogP contribution in [-0.2, 0) is 0 Å². The zero-order valence-corrected chi connectivity index (χ0v) is 11.2. The molecule has 8 heteroatoms. The molecule has 4 N–H and O–H groups in total. The lowest BCUT2D eigenvalue weighted by molar-refractivity contribution is 0.412. The fourth-order valence-electron chi connectivity index (χ4n) is 1.55. The molecule has 0 aliphatic heterocycles. The monoisotopic (exact) mass is 290 g/mol. The Morgan fingerprint density at radius 1 is 0.950 bits per heavy atom. The first-order valence-electron chi connectivity index (χ1n) is 5.81. The van der Waals surface area contributed by atoms with Gasteiger partial charge >= 0.3 is 14.2 Å². The van der Waals surface area contributed by atoms with Gasteiger partial charge in [0.1, 0.15) is 11.2 Å². The van der Waals surface area contributed by atoms with E-state index in [1.165, 1.54) is 11.3 Å². The van der Waals surface area contributed by atoms with Gasteiger partial charge in [0.05, 0.1) is 0 Å². The summed E-state index contributed by atoms with van der Waals surface area (Å²) in [6.45, 7) is 0. The molecular weight excluding hydrogens is 278 g/mol. The lowest BCUT2D eigenvalue weighted by Crippen LogP contribution is -2.27. The third-order valence-electron chi connectivity index (χ3n) is 2.54. The van der Waals surface area contributed by atoms with Gasteiger partial charge in [-0.3, -0.25) is 0 Å². The first-order chi connectivity index (χ1) is 9.58. The maximum absolute atomic E-state index is 8.79. The van der Waals surface area contributed by atoms with Crippen molar-refractivity contribution in [3.63, 3.8) is 0 Å². The number of furan rings is 1. The Kier molecular flexibility index (Phi) is 4.99. The van der Waals surface area contributed by atoms with E-state index in [2.05, 4.69) is 0 Å². The Morgan fingerprint density at radius 2 is 1.70 bits per heavy atom. The number of benzene rings is 1. The molecule has 2 aromatic heterocycles. The number of thiophene rings is 1. The van der Waals surface area contributed by atoms with Gasteiger partial charge in [-0.25, -0.2) is 0 Å². The molecule has 20 heavy (non-hydrogen) atoms. The van der Waals surface area contributed by atoms with E-state index in [0.717, 1.165) is 5.39 Å². The minimum atomic E-state index is -1.53. The van der Waals surface area contributed by atoms with E-state index in [4.69, 9.17) is 24.5 Å². The van der Waals surface area contributed by atoms with Crippen molar-refractivity contribution in [1.82, 2.24) is 0 Å². The summed E-state index contributed by atoms with van der Waals surface area (Å²) in [6.07, 6.45) is 0. The Bertz CT molecular complexity index is 618. The number of para-hydroxylation sites is 1. The summed E-state index contributed by atoms with van der Waals surface area (Å²) < 4.78 is 5.13. The molecule has 2 heterocycles. The van der Waals surface area contributed by atoms with Crippen LogP contribution in [-0.4, -0.2) is 34.3 Å². The average molecular weight is 290 g/mol. The Balaban J connectivity index is 0.000000160. The fourth-order valence-corrected chi connectivity index (χ4v) is 2.22. The van der Waals surface area contributed by atoms with Gasteiger partial charge in [-0.05, 0) is 28.4 Å². The smallest absolute Gasteiger partial charge is 0.465 e. The van der Waals surface area contributed by atoms with Crippen molar-refractivity contribution in [3.05, 3.63) is 47.2 Å². The van der Waals surface area contributed by atoms with Crippen LogP contribution in [0, 0.1) is 0 Å². The van der Waals surface area contributed by atoms with Crippen molar-refractivity contribution in [1.29, 1.82) is 0 Å². The van der Waals surface area contributed by atoms with Crippen LogP contribution in [0.4, 0.5) is 0 Å². The van der Waals surface area contributed by atoms with Crippen molar-refractivity contribution in [3.8, 4) is 0 Å². The molecule has 0 aliphatic carbocycles. The Morgan fingerprint density at radius 3 is 2.20 bits per heavy atom. The molecule has 0 unspecified atom stereocenters. The van der Waals surface area contributed by atoms with Gasteiger partial charge in [-0.2, -0.15) is 11.3 Å². The van der Waals surface area contributed by atoms with Crippen molar-refractivity contribution in [2.24, 2.45) is 0 Å². The molecule has 0 fully saturated rings. The van der Waals surface area contributed by atoms with Crippen molar-refractivity contribution >= 4 is 47.7 Å². The highest BCUT2D eigenvalue weighted by Gasteiger charge is 2.16. The van der Waals surface area contributed by atoms with Gasteiger partial charge < -0.3 is 24.5 Å². The predicted octanol–water partition coefficient (Wildman–Crippen LogP) is -0.460. The van der Waals surface area contributed by atoms with Gasteiger partial charge in [0.25, 0.3) is 0 Å². The first-order valence-corrected chi connectivity index (χ1v) is 6.75. The molecule has 0 saturated heterocycles. The summed E-state index contributed by atoms with van der Waals surface area (Å²) in [6, 6.07) is 10.6. The highest BCUT2D eigenvalue weighted by atomic mass is 32.1. The predicted molar refractivity (Wildman–Crippen MR) is 80.2 cm³/mol. The van der Waals surface area contributed by atoms with E-state index in [9.17, 15) is 0 Å². The summed E-state index contributed by atoms with van der Waals surface area (Å²) in [5.74, 6) is 0. The van der Waals surface area contributed by atoms with E-state index < -0.39 is 14.2 Å². The standard InChI is InChI=1S/C8H7BO3.C4H5BO2S/c10-9(11)8-5-6-3-1-2-4-7(6)12-8;6-5(7)4-1-2-8-3-4/h1-5,10-11H;1-3,6-7H. The van der Waals surface area contributed by atoms with Crippen LogP contribution in [0.3, 0.4) is 0 Å². The number of rotatable bonds is 2. The van der Waals surface area contributed by atoms with Crippen molar-refractivity contribution in [2.75, 3.05) is 0 Å². The van der Waals surface area contributed by atoms with Crippen molar-refractivity contribution in [2.45, 2.75) is 0 Å². The van der Waals surface area contributed by atoms with Crippen LogP contribution >= 0.6 is 11.3 Å². The SMILES string of the molecule is OB(O)c1cc2ccccc2o1.OB(O)c1ccsc1. The lowest BCUT2D eigenvalue weighted by Gasteiger charge is -1.88. The van der Waals surface area contributed by atoms with Crippen LogP contribution in [0.25, 0.3) is 11.0 Å². The molecule has 102 valence electrons. The molecule has 5 nitrogen and oxygen atoms in total. The molecule has 0 atom stereocenters. The second kappa shape index (κ2) is 6.74. The van der Waals surface area contributed by atoms with E-state index in [-0.39, 0.29) is 5.66 Å². The molecule has 1 aromatic carbocycles. The van der Waals surface area contributed by atoms with Crippen LogP contribution in [0.2, 0.25) is 0 Å². The topological polar surface area (TPSA) is 94.1 Å². The molecule has 0 amide bonds. The van der Waals surface area contributed by atoms with E-state index in [1.54, 1.807) is 29.0 Å². The summed E-state index contributed by atoms with van der Waals surface area (Å²) >= 11 is 1.45. The Hall–Kier alpha value is -1.57. The quantitative estimate of drug-likeness (QED) is 0.479. The minimum absolute atomic E-state index is 0.177. The fraction of sp³-hybridized carbons (Fsp3) is 0. The largest absolute Gasteiger partial charge is 0.526 e. The number of fused-ring (bicyclic) bond motifs is 1. The van der Waals surface area contributed by atoms with Crippen LogP contribution in [0.1, 0.15) is 0 Å². The third kappa shape index (κ3) is 3.72. The van der Waals surface area contributed by atoms with Crippen molar-refractivity contribution < 1.29 is 24.5 Å². The van der Waals surface area contributed by atoms with E-state index in [1.807, 2.05) is 18.2 Å². The Labute approximate surface area is 120 Å². The summed E-state index contributed by atoms with van der Waals surface area (Å²) in [7, 11) is -2.83. The molecule has 0 saturated carbocycles. The van der Waals surface area contributed by atoms with Gasteiger partial charge in [0, 0.05) is 5.39 Å². The maximum atomic E-state index is 8.79. The van der Waals surface area contributed by atoms with Gasteiger partial charge in [-0.1, -0.05) is 24.3 Å². The number of hydrogen-bond acceptors (Lipinski definition) is 6.